The van der Waals surface area contributed by atoms with Crippen molar-refractivity contribution < 1.29 is 4.74 Å². The van der Waals surface area contributed by atoms with Crippen LogP contribution in [0.25, 0.3) is 5.57 Å². The highest BCUT2D eigenvalue weighted by Crippen LogP contribution is 2.25. The Morgan fingerprint density at radius 1 is 1.46 bits per heavy atom. The standard InChI is InChI=1S/C12H14O/c1-2-10(8-12-9-13-12)11-6-4-3-5-7-11/h2-7,12H,8-9H2,1H3. The summed E-state index contributed by atoms with van der Waals surface area (Å²) in [6, 6.07) is 10.5. The van der Waals surface area contributed by atoms with E-state index in [0.717, 1.165) is 13.0 Å². The fraction of sp³-hybridized carbons (Fsp3) is 0.333. The molecule has 13 heavy (non-hydrogen) atoms. The van der Waals surface area contributed by atoms with E-state index in [4.69, 9.17) is 4.74 Å². The van der Waals surface area contributed by atoms with E-state index < -0.39 is 0 Å². The maximum absolute atomic E-state index is 5.22. The smallest absolute Gasteiger partial charge is 0.0850 e. The average molecular weight is 174 g/mol. The average Bonchev–Trinajstić information content (AvgIpc) is 2.99. The van der Waals surface area contributed by atoms with Crippen LogP contribution in [0, 0.1) is 0 Å². The van der Waals surface area contributed by atoms with Gasteiger partial charge in [0.05, 0.1) is 12.7 Å². The van der Waals surface area contributed by atoms with Crippen molar-refractivity contribution in [2.24, 2.45) is 0 Å². The van der Waals surface area contributed by atoms with Gasteiger partial charge >= 0.3 is 0 Å². The molecule has 1 saturated heterocycles. The lowest BCUT2D eigenvalue weighted by Gasteiger charge is -2.04. The zero-order chi connectivity index (χ0) is 9.10. The molecule has 0 N–H and O–H groups in total. The van der Waals surface area contributed by atoms with Gasteiger partial charge in [-0.15, -0.1) is 0 Å². The van der Waals surface area contributed by atoms with Gasteiger partial charge in [0.25, 0.3) is 0 Å². The summed E-state index contributed by atoms with van der Waals surface area (Å²) in [7, 11) is 0. The number of epoxide rings is 1. The molecule has 1 aromatic rings. The molecule has 0 aliphatic carbocycles. The SMILES string of the molecule is CC=C(CC1CO1)c1ccccc1. The van der Waals surface area contributed by atoms with Gasteiger partial charge < -0.3 is 4.74 Å². The Kier molecular flexibility index (Phi) is 2.46. The molecule has 1 aliphatic heterocycles. The third-order valence-corrected chi connectivity index (χ3v) is 2.34. The van der Waals surface area contributed by atoms with E-state index in [1.54, 1.807) is 0 Å². The van der Waals surface area contributed by atoms with Gasteiger partial charge in [0.15, 0.2) is 0 Å². The molecule has 1 unspecified atom stereocenters. The number of hydrogen-bond acceptors (Lipinski definition) is 1. The zero-order valence-electron chi connectivity index (χ0n) is 7.86. The molecule has 0 amide bonds. The lowest BCUT2D eigenvalue weighted by atomic mass is 10.0. The molecule has 1 aliphatic rings. The summed E-state index contributed by atoms with van der Waals surface area (Å²) in [6.07, 6.45) is 3.71. The first-order valence-electron chi connectivity index (χ1n) is 4.72. The highest BCUT2D eigenvalue weighted by molar-refractivity contribution is 5.65. The van der Waals surface area contributed by atoms with E-state index in [1.807, 2.05) is 6.07 Å². The van der Waals surface area contributed by atoms with Crippen LogP contribution >= 0.6 is 0 Å². The van der Waals surface area contributed by atoms with Crippen LogP contribution in [0.15, 0.2) is 36.4 Å². The fourth-order valence-electron chi connectivity index (χ4n) is 1.49. The quantitative estimate of drug-likeness (QED) is 0.642. The van der Waals surface area contributed by atoms with Crippen molar-refractivity contribution in [3.63, 3.8) is 0 Å². The van der Waals surface area contributed by atoms with Crippen LogP contribution in [0.4, 0.5) is 0 Å². The number of hydrogen-bond donors (Lipinski definition) is 0. The maximum atomic E-state index is 5.22. The summed E-state index contributed by atoms with van der Waals surface area (Å²) < 4.78 is 5.22. The van der Waals surface area contributed by atoms with Crippen LogP contribution in [0.1, 0.15) is 18.9 Å². The second kappa shape index (κ2) is 3.75. The Morgan fingerprint density at radius 2 is 2.15 bits per heavy atom. The number of allylic oxidation sites excluding steroid dienone is 1. The third kappa shape index (κ3) is 2.19. The summed E-state index contributed by atoms with van der Waals surface area (Å²) >= 11 is 0. The van der Waals surface area contributed by atoms with Crippen molar-refractivity contribution in [2.45, 2.75) is 19.4 Å². The van der Waals surface area contributed by atoms with Gasteiger partial charge in [-0.3, -0.25) is 0 Å². The van der Waals surface area contributed by atoms with Crippen molar-refractivity contribution in [3.8, 4) is 0 Å². The normalized spacial score (nSPS) is 21.6. The lowest BCUT2D eigenvalue weighted by Crippen LogP contribution is -1.89. The Morgan fingerprint density at radius 3 is 2.69 bits per heavy atom. The first-order chi connectivity index (χ1) is 6.40. The van der Waals surface area contributed by atoms with Crippen molar-refractivity contribution in [1.82, 2.24) is 0 Å². The number of ether oxygens (including phenoxy) is 1. The molecule has 68 valence electrons. The predicted molar refractivity (Wildman–Crippen MR) is 54.5 cm³/mol. The van der Waals surface area contributed by atoms with Crippen molar-refractivity contribution in [3.05, 3.63) is 42.0 Å². The van der Waals surface area contributed by atoms with Crippen LogP contribution in [0.2, 0.25) is 0 Å². The number of rotatable bonds is 3. The van der Waals surface area contributed by atoms with Crippen molar-refractivity contribution in [2.75, 3.05) is 6.61 Å². The molecule has 1 heteroatoms. The Balaban J connectivity index is 2.12. The second-order valence-electron chi connectivity index (χ2n) is 3.34. The first-order valence-corrected chi connectivity index (χ1v) is 4.72. The Hall–Kier alpha value is -1.08. The maximum Gasteiger partial charge on any atom is 0.0850 e. The summed E-state index contributed by atoms with van der Waals surface area (Å²) in [5.41, 5.74) is 2.71. The highest BCUT2D eigenvalue weighted by atomic mass is 16.6. The second-order valence-corrected chi connectivity index (χ2v) is 3.34. The molecule has 1 aromatic carbocycles. The van der Waals surface area contributed by atoms with Gasteiger partial charge in [0, 0.05) is 6.42 Å². The number of benzene rings is 1. The lowest BCUT2D eigenvalue weighted by molar-refractivity contribution is 0.412. The molecule has 2 rings (SSSR count). The first kappa shape index (κ1) is 8.52. The molecule has 1 fully saturated rings. The summed E-state index contributed by atoms with van der Waals surface area (Å²) in [4.78, 5) is 0. The van der Waals surface area contributed by atoms with Crippen LogP contribution in [0.3, 0.4) is 0 Å². The van der Waals surface area contributed by atoms with Gasteiger partial charge in [0.1, 0.15) is 0 Å². The van der Waals surface area contributed by atoms with Crippen LogP contribution < -0.4 is 0 Å². The fourth-order valence-corrected chi connectivity index (χ4v) is 1.49. The van der Waals surface area contributed by atoms with Gasteiger partial charge in [-0.05, 0) is 18.1 Å². The minimum Gasteiger partial charge on any atom is -0.373 e. The van der Waals surface area contributed by atoms with Crippen LogP contribution in [-0.4, -0.2) is 12.7 Å². The minimum atomic E-state index is 0.478. The third-order valence-electron chi connectivity index (χ3n) is 2.34. The zero-order valence-corrected chi connectivity index (χ0v) is 7.86. The van der Waals surface area contributed by atoms with E-state index in [-0.39, 0.29) is 0 Å². The van der Waals surface area contributed by atoms with Gasteiger partial charge in [-0.1, -0.05) is 36.4 Å². The Bertz CT molecular complexity index is 296. The molecule has 0 spiro atoms. The molecular weight excluding hydrogens is 160 g/mol. The summed E-state index contributed by atoms with van der Waals surface area (Å²) in [5.74, 6) is 0. The van der Waals surface area contributed by atoms with E-state index in [2.05, 4.69) is 37.3 Å². The molecule has 0 radical (unpaired) electrons. The molecule has 0 saturated carbocycles. The van der Waals surface area contributed by atoms with Crippen molar-refractivity contribution >= 4 is 5.57 Å². The van der Waals surface area contributed by atoms with E-state index >= 15 is 0 Å². The molecule has 0 aromatic heterocycles. The summed E-state index contributed by atoms with van der Waals surface area (Å²) in [6.45, 7) is 3.02. The van der Waals surface area contributed by atoms with E-state index in [9.17, 15) is 0 Å². The van der Waals surface area contributed by atoms with Crippen molar-refractivity contribution in [1.29, 1.82) is 0 Å². The molecule has 1 heterocycles. The van der Waals surface area contributed by atoms with Crippen LogP contribution in [-0.2, 0) is 4.74 Å². The van der Waals surface area contributed by atoms with Gasteiger partial charge in [-0.2, -0.15) is 0 Å². The molecule has 0 bridgehead atoms. The largest absolute Gasteiger partial charge is 0.373 e. The monoisotopic (exact) mass is 174 g/mol. The van der Waals surface area contributed by atoms with E-state index in [1.165, 1.54) is 11.1 Å². The van der Waals surface area contributed by atoms with Gasteiger partial charge in [-0.25, -0.2) is 0 Å². The Labute approximate surface area is 79.0 Å². The minimum absolute atomic E-state index is 0.478. The highest BCUT2D eigenvalue weighted by Gasteiger charge is 2.23. The molecular formula is C12H14O. The topological polar surface area (TPSA) is 12.5 Å². The van der Waals surface area contributed by atoms with E-state index in [0.29, 0.717) is 6.10 Å². The van der Waals surface area contributed by atoms with Crippen LogP contribution in [0.5, 0.6) is 0 Å². The summed E-state index contributed by atoms with van der Waals surface area (Å²) in [5, 5.41) is 0. The predicted octanol–water partition coefficient (Wildman–Crippen LogP) is 2.88. The molecule has 1 nitrogen and oxygen atoms in total. The molecule has 1 atom stereocenters. The van der Waals surface area contributed by atoms with Gasteiger partial charge in [0.2, 0.25) is 0 Å².